The van der Waals surface area contributed by atoms with Crippen molar-refractivity contribution in [3.63, 3.8) is 0 Å². The summed E-state index contributed by atoms with van der Waals surface area (Å²) in [6, 6.07) is 5.58. The van der Waals surface area contributed by atoms with Gasteiger partial charge in [-0.2, -0.15) is 0 Å². The highest BCUT2D eigenvalue weighted by Crippen LogP contribution is 2.34. The lowest BCUT2D eigenvalue weighted by Gasteiger charge is -2.15. The van der Waals surface area contributed by atoms with Crippen LogP contribution in [0.25, 0.3) is 0 Å². The Kier molecular flexibility index (Phi) is 2.43. The third-order valence-electron chi connectivity index (χ3n) is 3.09. The van der Waals surface area contributed by atoms with Gasteiger partial charge in [-0.3, -0.25) is 4.90 Å². The molecule has 0 atom stereocenters. The summed E-state index contributed by atoms with van der Waals surface area (Å²) in [6.45, 7) is 1.07. The first-order valence-electron chi connectivity index (χ1n) is 5.61. The zero-order valence-electron chi connectivity index (χ0n) is 9.29. The summed E-state index contributed by atoms with van der Waals surface area (Å²) in [7, 11) is 0. The predicted octanol–water partition coefficient (Wildman–Crippen LogP) is 2.26. The van der Waals surface area contributed by atoms with Crippen LogP contribution in [0.15, 0.2) is 18.2 Å². The molecular formula is C12H13F2NO2. The van der Waals surface area contributed by atoms with Crippen LogP contribution in [0.2, 0.25) is 0 Å². The van der Waals surface area contributed by atoms with Gasteiger partial charge in [-0.25, -0.2) is 8.78 Å². The Hall–Kier alpha value is -1.36. The van der Waals surface area contributed by atoms with Crippen LogP contribution in [-0.4, -0.2) is 30.7 Å². The molecule has 1 aromatic carbocycles. The number of alkyl halides is 2. The first-order valence-corrected chi connectivity index (χ1v) is 5.61. The van der Waals surface area contributed by atoms with E-state index in [4.69, 9.17) is 9.47 Å². The molecule has 0 unspecified atom stereocenters. The molecule has 0 spiro atoms. The molecule has 2 heterocycles. The molecule has 0 N–H and O–H groups in total. The lowest BCUT2D eigenvalue weighted by molar-refractivity contribution is 0.0115. The molecule has 3 nitrogen and oxygen atoms in total. The van der Waals surface area contributed by atoms with Gasteiger partial charge in [0, 0.05) is 19.5 Å². The van der Waals surface area contributed by atoms with Crippen LogP contribution in [0.4, 0.5) is 8.78 Å². The van der Waals surface area contributed by atoms with Crippen molar-refractivity contribution in [2.24, 2.45) is 0 Å². The minimum Gasteiger partial charge on any atom is -0.454 e. The van der Waals surface area contributed by atoms with E-state index in [-0.39, 0.29) is 19.8 Å². The molecule has 0 bridgehead atoms. The van der Waals surface area contributed by atoms with E-state index in [1.807, 2.05) is 18.2 Å². The molecule has 1 saturated heterocycles. The number of halogens is 2. The van der Waals surface area contributed by atoms with Gasteiger partial charge in [0.1, 0.15) is 0 Å². The monoisotopic (exact) mass is 241 g/mol. The average molecular weight is 241 g/mol. The summed E-state index contributed by atoms with van der Waals surface area (Å²) in [5, 5.41) is 0. The van der Waals surface area contributed by atoms with Gasteiger partial charge >= 0.3 is 0 Å². The van der Waals surface area contributed by atoms with Crippen molar-refractivity contribution in [2.45, 2.75) is 18.9 Å². The first-order chi connectivity index (χ1) is 8.12. The lowest BCUT2D eigenvalue weighted by Crippen LogP contribution is -2.24. The number of nitrogens with zero attached hydrogens (tertiary/aromatic N) is 1. The topological polar surface area (TPSA) is 21.7 Å². The second-order valence-corrected chi connectivity index (χ2v) is 4.50. The van der Waals surface area contributed by atoms with Crippen LogP contribution in [0.5, 0.6) is 11.5 Å². The van der Waals surface area contributed by atoms with Crippen LogP contribution < -0.4 is 9.47 Å². The van der Waals surface area contributed by atoms with Crippen molar-refractivity contribution in [1.29, 1.82) is 0 Å². The van der Waals surface area contributed by atoms with Gasteiger partial charge in [0.05, 0.1) is 6.54 Å². The smallest absolute Gasteiger partial charge is 0.261 e. The van der Waals surface area contributed by atoms with E-state index in [9.17, 15) is 8.78 Å². The average Bonchev–Trinajstić information content (AvgIpc) is 2.84. The molecule has 0 radical (unpaired) electrons. The predicted molar refractivity (Wildman–Crippen MR) is 57.4 cm³/mol. The van der Waals surface area contributed by atoms with E-state index in [0.717, 1.165) is 11.3 Å². The Balaban J connectivity index is 1.70. The normalized spacial score (nSPS) is 22.0. The number of ether oxygens (including phenoxy) is 2. The second-order valence-electron chi connectivity index (χ2n) is 4.50. The Morgan fingerprint density at radius 1 is 1.24 bits per heavy atom. The summed E-state index contributed by atoms with van der Waals surface area (Å²) in [5.41, 5.74) is 0.979. The van der Waals surface area contributed by atoms with Crippen LogP contribution in [0.1, 0.15) is 12.0 Å². The van der Waals surface area contributed by atoms with Crippen LogP contribution in [0, 0.1) is 0 Å². The lowest BCUT2D eigenvalue weighted by atomic mass is 10.2. The van der Waals surface area contributed by atoms with Crippen LogP contribution >= 0.6 is 0 Å². The zero-order valence-corrected chi connectivity index (χ0v) is 9.29. The fourth-order valence-corrected chi connectivity index (χ4v) is 2.24. The number of hydrogen-bond acceptors (Lipinski definition) is 3. The van der Waals surface area contributed by atoms with E-state index >= 15 is 0 Å². The maximum Gasteiger partial charge on any atom is 0.261 e. The number of rotatable bonds is 2. The Labute approximate surface area is 97.9 Å². The first kappa shape index (κ1) is 10.8. The standard InChI is InChI=1S/C12H13F2NO2/c13-12(14)3-4-15(7-12)6-9-1-2-10-11(5-9)17-8-16-10/h1-2,5H,3-4,6-8H2. The van der Waals surface area contributed by atoms with Gasteiger partial charge in [0.25, 0.3) is 5.92 Å². The van der Waals surface area contributed by atoms with E-state index in [1.54, 1.807) is 4.90 Å². The van der Waals surface area contributed by atoms with Gasteiger partial charge in [-0.1, -0.05) is 6.07 Å². The molecule has 0 amide bonds. The highest BCUT2D eigenvalue weighted by Gasteiger charge is 2.37. The minimum atomic E-state index is -2.53. The molecule has 3 rings (SSSR count). The highest BCUT2D eigenvalue weighted by molar-refractivity contribution is 5.44. The number of benzene rings is 1. The Bertz CT molecular complexity index is 437. The molecule has 17 heavy (non-hydrogen) atoms. The molecular weight excluding hydrogens is 228 g/mol. The molecule has 0 aromatic heterocycles. The van der Waals surface area contributed by atoms with Gasteiger partial charge < -0.3 is 9.47 Å². The number of hydrogen-bond donors (Lipinski definition) is 0. The van der Waals surface area contributed by atoms with Crippen molar-refractivity contribution in [1.82, 2.24) is 4.90 Å². The molecule has 5 heteroatoms. The van der Waals surface area contributed by atoms with E-state index < -0.39 is 5.92 Å². The summed E-state index contributed by atoms with van der Waals surface area (Å²) in [6.07, 6.45) is -0.0441. The zero-order chi connectivity index (χ0) is 11.9. The van der Waals surface area contributed by atoms with Crippen molar-refractivity contribution in [2.75, 3.05) is 19.9 Å². The van der Waals surface area contributed by atoms with Crippen LogP contribution in [0.3, 0.4) is 0 Å². The Morgan fingerprint density at radius 2 is 2.06 bits per heavy atom. The minimum absolute atomic E-state index is 0.0441. The summed E-state index contributed by atoms with van der Waals surface area (Å²) in [4.78, 5) is 1.76. The fourth-order valence-electron chi connectivity index (χ4n) is 2.24. The molecule has 0 saturated carbocycles. The maximum atomic E-state index is 13.0. The van der Waals surface area contributed by atoms with Crippen molar-refractivity contribution < 1.29 is 18.3 Å². The largest absolute Gasteiger partial charge is 0.454 e. The van der Waals surface area contributed by atoms with Crippen molar-refractivity contribution in [3.8, 4) is 11.5 Å². The Morgan fingerprint density at radius 3 is 2.82 bits per heavy atom. The number of likely N-dealkylation sites (tertiary alicyclic amines) is 1. The second kappa shape index (κ2) is 3.84. The fraction of sp³-hybridized carbons (Fsp3) is 0.500. The highest BCUT2D eigenvalue weighted by atomic mass is 19.3. The van der Waals surface area contributed by atoms with Crippen molar-refractivity contribution in [3.05, 3.63) is 23.8 Å². The van der Waals surface area contributed by atoms with Gasteiger partial charge in [-0.15, -0.1) is 0 Å². The van der Waals surface area contributed by atoms with Gasteiger partial charge in [0.15, 0.2) is 11.5 Å². The van der Waals surface area contributed by atoms with Crippen LogP contribution in [-0.2, 0) is 6.54 Å². The summed E-state index contributed by atoms with van der Waals surface area (Å²) >= 11 is 0. The third-order valence-corrected chi connectivity index (χ3v) is 3.09. The summed E-state index contributed by atoms with van der Waals surface area (Å²) in [5.74, 6) is -1.11. The molecule has 92 valence electrons. The van der Waals surface area contributed by atoms with E-state index in [1.165, 1.54) is 0 Å². The molecule has 1 aromatic rings. The molecule has 1 fully saturated rings. The molecule has 2 aliphatic heterocycles. The third kappa shape index (κ3) is 2.20. The summed E-state index contributed by atoms with van der Waals surface area (Å²) < 4.78 is 36.5. The maximum absolute atomic E-state index is 13.0. The SMILES string of the molecule is FC1(F)CCN(Cc2ccc3c(c2)OCO3)C1. The van der Waals surface area contributed by atoms with E-state index in [2.05, 4.69) is 0 Å². The van der Waals surface area contributed by atoms with Crippen molar-refractivity contribution >= 4 is 0 Å². The quantitative estimate of drug-likeness (QED) is 0.792. The molecule has 2 aliphatic rings. The van der Waals surface area contributed by atoms with Gasteiger partial charge in [-0.05, 0) is 17.7 Å². The molecule has 0 aliphatic carbocycles. The number of fused-ring (bicyclic) bond motifs is 1. The van der Waals surface area contributed by atoms with E-state index in [0.29, 0.717) is 18.8 Å². The van der Waals surface area contributed by atoms with Gasteiger partial charge in [0.2, 0.25) is 6.79 Å².